The number of halogens is 1. The topological polar surface area (TPSA) is 35.5 Å². The highest BCUT2D eigenvalue weighted by molar-refractivity contribution is 7.53. The SMILES string of the molecule is CCOP(=O)(CC1(F)C2CC3CC(C2)CC1C3)OCC. The second-order valence-corrected chi connectivity index (χ2v) is 8.89. The van der Waals surface area contributed by atoms with E-state index < -0.39 is 13.3 Å². The average molecular weight is 304 g/mol. The van der Waals surface area contributed by atoms with Crippen LogP contribution >= 0.6 is 7.60 Å². The van der Waals surface area contributed by atoms with Crippen LogP contribution in [0.25, 0.3) is 0 Å². The standard InChI is InChI=1S/C15H26FO3P/c1-3-18-20(17,19-4-2)10-15(16)13-6-11-5-12(8-13)9-14(15)7-11/h11-14H,3-10H2,1-2H3. The Morgan fingerprint density at radius 3 is 1.85 bits per heavy atom. The molecule has 0 N–H and O–H groups in total. The Morgan fingerprint density at radius 2 is 1.45 bits per heavy atom. The third kappa shape index (κ3) is 2.48. The summed E-state index contributed by atoms with van der Waals surface area (Å²) in [6.07, 6.45) is 5.15. The van der Waals surface area contributed by atoms with Gasteiger partial charge < -0.3 is 9.05 Å². The summed E-state index contributed by atoms with van der Waals surface area (Å²) >= 11 is 0. The second-order valence-electron chi connectivity index (χ2n) is 6.84. The Hall–Kier alpha value is 0.0800. The molecular weight excluding hydrogens is 278 g/mol. The van der Waals surface area contributed by atoms with Gasteiger partial charge in [0.25, 0.3) is 0 Å². The first-order valence-corrected chi connectivity index (χ1v) is 9.79. The molecule has 20 heavy (non-hydrogen) atoms. The summed E-state index contributed by atoms with van der Waals surface area (Å²) in [7, 11) is -3.29. The summed E-state index contributed by atoms with van der Waals surface area (Å²) in [5, 5.41) is 0. The van der Waals surface area contributed by atoms with Gasteiger partial charge in [0, 0.05) is 0 Å². The molecule has 0 radical (unpaired) electrons. The molecule has 0 aromatic carbocycles. The minimum Gasteiger partial charge on any atom is -0.309 e. The molecule has 0 aromatic rings. The Bertz CT molecular complexity index is 374. The lowest BCUT2D eigenvalue weighted by Gasteiger charge is -2.57. The van der Waals surface area contributed by atoms with Crippen molar-refractivity contribution in [1.29, 1.82) is 0 Å². The molecule has 0 aliphatic heterocycles. The maximum absolute atomic E-state index is 15.7. The van der Waals surface area contributed by atoms with E-state index in [-0.39, 0.29) is 18.0 Å². The average Bonchev–Trinajstić information content (AvgIpc) is 2.35. The van der Waals surface area contributed by atoms with E-state index >= 15 is 4.39 Å². The van der Waals surface area contributed by atoms with Crippen LogP contribution < -0.4 is 0 Å². The van der Waals surface area contributed by atoms with Crippen LogP contribution in [0.15, 0.2) is 0 Å². The summed E-state index contributed by atoms with van der Waals surface area (Å²) in [6, 6.07) is 0. The van der Waals surface area contributed by atoms with Crippen LogP contribution in [-0.2, 0) is 13.6 Å². The quantitative estimate of drug-likeness (QED) is 0.682. The Labute approximate surface area is 121 Å². The number of rotatable bonds is 6. The fraction of sp³-hybridized carbons (Fsp3) is 1.00. The lowest BCUT2D eigenvalue weighted by molar-refractivity contribution is -0.114. The van der Waals surface area contributed by atoms with Crippen LogP contribution in [0.5, 0.6) is 0 Å². The summed E-state index contributed by atoms with van der Waals surface area (Å²) < 4.78 is 39.1. The Kier molecular flexibility index (Phi) is 4.03. The molecule has 4 saturated carbocycles. The normalized spacial score (nSPS) is 43.1. The summed E-state index contributed by atoms with van der Waals surface area (Å²) in [5.74, 6) is 1.57. The van der Waals surface area contributed by atoms with E-state index in [1.807, 2.05) is 0 Å². The van der Waals surface area contributed by atoms with E-state index in [1.165, 1.54) is 6.42 Å². The summed E-state index contributed by atoms with van der Waals surface area (Å²) in [4.78, 5) is 0. The first kappa shape index (κ1) is 15.0. The zero-order chi connectivity index (χ0) is 14.4. The first-order chi connectivity index (χ1) is 9.49. The van der Waals surface area contributed by atoms with E-state index in [0.29, 0.717) is 25.0 Å². The van der Waals surface area contributed by atoms with Crippen molar-refractivity contribution in [3.8, 4) is 0 Å². The van der Waals surface area contributed by atoms with E-state index in [2.05, 4.69) is 0 Å². The van der Waals surface area contributed by atoms with Crippen molar-refractivity contribution >= 4 is 7.60 Å². The van der Waals surface area contributed by atoms with E-state index in [9.17, 15) is 4.57 Å². The van der Waals surface area contributed by atoms with Crippen molar-refractivity contribution in [2.24, 2.45) is 23.7 Å². The number of hydrogen-bond acceptors (Lipinski definition) is 3. The van der Waals surface area contributed by atoms with Gasteiger partial charge in [-0.3, -0.25) is 4.57 Å². The van der Waals surface area contributed by atoms with Gasteiger partial charge in [-0.05, 0) is 69.6 Å². The molecule has 116 valence electrons. The second kappa shape index (κ2) is 5.37. The highest BCUT2D eigenvalue weighted by atomic mass is 31.2. The molecule has 0 atom stereocenters. The molecule has 0 amide bonds. The van der Waals surface area contributed by atoms with Gasteiger partial charge in [0.1, 0.15) is 5.67 Å². The lowest BCUT2D eigenvalue weighted by atomic mass is 9.51. The van der Waals surface area contributed by atoms with Gasteiger partial charge in [-0.1, -0.05) is 0 Å². The zero-order valence-electron chi connectivity index (χ0n) is 12.5. The fourth-order valence-corrected chi connectivity index (χ4v) is 7.20. The van der Waals surface area contributed by atoms with Gasteiger partial charge in [-0.2, -0.15) is 0 Å². The van der Waals surface area contributed by atoms with Gasteiger partial charge in [0.05, 0.1) is 19.4 Å². The molecule has 4 fully saturated rings. The molecule has 0 saturated heterocycles. The zero-order valence-corrected chi connectivity index (χ0v) is 13.4. The van der Waals surface area contributed by atoms with Crippen LogP contribution in [0.1, 0.15) is 46.0 Å². The highest BCUT2D eigenvalue weighted by Gasteiger charge is 2.60. The van der Waals surface area contributed by atoms with Crippen molar-refractivity contribution in [3.63, 3.8) is 0 Å². The van der Waals surface area contributed by atoms with E-state index in [0.717, 1.165) is 25.7 Å². The van der Waals surface area contributed by atoms with Crippen molar-refractivity contribution in [2.75, 3.05) is 19.4 Å². The van der Waals surface area contributed by atoms with Gasteiger partial charge >= 0.3 is 7.60 Å². The molecule has 0 spiro atoms. The van der Waals surface area contributed by atoms with Crippen molar-refractivity contribution in [1.82, 2.24) is 0 Å². The number of hydrogen-bond donors (Lipinski definition) is 0. The molecule has 0 unspecified atom stereocenters. The monoisotopic (exact) mass is 304 g/mol. The molecule has 4 aliphatic rings. The van der Waals surface area contributed by atoms with Gasteiger partial charge in [-0.15, -0.1) is 0 Å². The van der Waals surface area contributed by atoms with Gasteiger partial charge in [0.15, 0.2) is 0 Å². The summed E-state index contributed by atoms with van der Waals surface area (Å²) in [5.41, 5.74) is -1.33. The molecule has 0 aromatic heterocycles. The molecule has 4 aliphatic carbocycles. The molecular formula is C15H26FO3P. The van der Waals surface area contributed by atoms with Crippen LogP contribution in [0.3, 0.4) is 0 Å². The van der Waals surface area contributed by atoms with Crippen LogP contribution in [-0.4, -0.2) is 25.0 Å². The summed E-state index contributed by atoms with van der Waals surface area (Å²) in [6.45, 7) is 4.20. The Balaban J connectivity index is 1.79. The molecule has 3 nitrogen and oxygen atoms in total. The fourth-order valence-electron chi connectivity index (χ4n) is 5.04. The molecule has 5 heteroatoms. The van der Waals surface area contributed by atoms with Gasteiger partial charge in [-0.25, -0.2) is 4.39 Å². The third-order valence-electron chi connectivity index (χ3n) is 5.58. The predicted octanol–water partition coefficient (Wildman–Crippen LogP) is 4.42. The third-order valence-corrected chi connectivity index (χ3v) is 7.76. The minimum atomic E-state index is -3.29. The van der Waals surface area contributed by atoms with Crippen molar-refractivity contribution in [3.05, 3.63) is 0 Å². The van der Waals surface area contributed by atoms with Crippen LogP contribution in [0, 0.1) is 23.7 Å². The van der Waals surface area contributed by atoms with Crippen LogP contribution in [0.2, 0.25) is 0 Å². The smallest absolute Gasteiger partial charge is 0.309 e. The minimum absolute atomic E-state index is 0.0313. The predicted molar refractivity (Wildman–Crippen MR) is 76.6 cm³/mol. The van der Waals surface area contributed by atoms with E-state index in [4.69, 9.17) is 9.05 Å². The highest BCUT2D eigenvalue weighted by Crippen LogP contribution is 2.64. The Morgan fingerprint density at radius 1 is 1.00 bits per heavy atom. The molecule has 4 rings (SSSR count). The van der Waals surface area contributed by atoms with E-state index in [1.54, 1.807) is 13.8 Å². The molecule has 0 heterocycles. The number of alkyl halides is 1. The molecule has 4 bridgehead atoms. The van der Waals surface area contributed by atoms with Gasteiger partial charge in [0.2, 0.25) is 0 Å². The maximum Gasteiger partial charge on any atom is 0.333 e. The largest absolute Gasteiger partial charge is 0.333 e. The lowest BCUT2D eigenvalue weighted by Crippen LogP contribution is -2.57. The first-order valence-electron chi connectivity index (χ1n) is 8.06. The van der Waals surface area contributed by atoms with Crippen LogP contribution in [0.4, 0.5) is 4.39 Å². The maximum atomic E-state index is 15.7. The van der Waals surface area contributed by atoms with Crippen molar-refractivity contribution in [2.45, 2.75) is 51.6 Å². The van der Waals surface area contributed by atoms with Crippen molar-refractivity contribution < 1.29 is 18.0 Å².